The van der Waals surface area contributed by atoms with Crippen LogP contribution in [-0.2, 0) is 5.88 Å². The van der Waals surface area contributed by atoms with E-state index in [1.54, 1.807) is 0 Å². The Hall–Kier alpha value is -0.890. The van der Waals surface area contributed by atoms with Crippen molar-refractivity contribution in [3.05, 3.63) is 35.1 Å². The number of rotatable bonds is 2. The summed E-state index contributed by atoms with van der Waals surface area (Å²) in [4.78, 5) is 10.2. The van der Waals surface area contributed by atoms with E-state index < -0.39 is 5.82 Å². The molecule has 0 aromatic heterocycles. The first kappa shape index (κ1) is 8.21. The van der Waals surface area contributed by atoms with E-state index in [1.165, 1.54) is 18.2 Å². The first-order valence-corrected chi connectivity index (χ1v) is 3.61. The van der Waals surface area contributed by atoms with Gasteiger partial charge in [0.2, 0.25) is 0 Å². The van der Waals surface area contributed by atoms with E-state index in [0.717, 1.165) is 0 Å². The third kappa shape index (κ3) is 1.77. The van der Waals surface area contributed by atoms with Gasteiger partial charge in [-0.1, -0.05) is 12.1 Å². The van der Waals surface area contributed by atoms with E-state index in [-0.39, 0.29) is 5.88 Å². The molecule has 0 aliphatic rings. The van der Waals surface area contributed by atoms with E-state index >= 15 is 0 Å². The molecule has 0 saturated carbocycles. The fourth-order valence-corrected chi connectivity index (χ4v) is 0.962. The van der Waals surface area contributed by atoms with Crippen molar-refractivity contribution in [3.63, 3.8) is 0 Å². The van der Waals surface area contributed by atoms with Gasteiger partial charge < -0.3 is 0 Å². The summed E-state index contributed by atoms with van der Waals surface area (Å²) < 4.78 is 12.8. The number of hydrogen-bond donors (Lipinski definition) is 0. The predicted molar refractivity (Wildman–Crippen MR) is 41.3 cm³/mol. The van der Waals surface area contributed by atoms with Crippen molar-refractivity contribution in [2.45, 2.75) is 5.88 Å². The summed E-state index contributed by atoms with van der Waals surface area (Å²) in [6.07, 6.45) is 0.598. The monoisotopic (exact) mass is 172 g/mol. The van der Waals surface area contributed by atoms with Gasteiger partial charge in [0.1, 0.15) is 12.1 Å². The maximum Gasteiger partial charge on any atom is 0.150 e. The predicted octanol–water partition coefficient (Wildman–Crippen LogP) is 2.38. The first-order chi connectivity index (χ1) is 5.27. The highest BCUT2D eigenvalue weighted by Crippen LogP contribution is 2.11. The van der Waals surface area contributed by atoms with Gasteiger partial charge in [-0.15, -0.1) is 11.6 Å². The summed E-state index contributed by atoms with van der Waals surface area (Å²) in [5, 5.41) is 0. The molecule has 0 atom stereocenters. The molecule has 0 fully saturated rings. The second kappa shape index (κ2) is 3.49. The lowest BCUT2D eigenvalue weighted by molar-refractivity contribution is 0.112. The lowest BCUT2D eigenvalue weighted by Gasteiger charge is -1.97. The van der Waals surface area contributed by atoms with Gasteiger partial charge in [0.25, 0.3) is 0 Å². The number of carbonyl (C=O) groups is 1. The van der Waals surface area contributed by atoms with Crippen molar-refractivity contribution >= 4 is 17.9 Å². The average molecular weight is 173 g/mol. The summed E-state index contributed by atoms with van der Waals surface area (Å²) in [6.45, 7) is 0. The molecule has 0 bridgehead atoms. The van der Waals surface area contributed by atoms with Gasteiger partial charge >= 0.3 is 0 Å². The topological polar surface area (TPSA) is 17.1 Å². The molecule has 0 amide bonds. The Morgan fingerprint density at radius 3 is 2.73 bits per heavy atom. The molecule has 0 aliphatic heterocycles. The molecule has 1 aromatic rings. The molecule has 1 nitrogen and oxygen atoms in total. The average Bonchev–Trinajstić information content (AvgIpc) is 2.04. The van der Waals surface area contributed by atoms with E-state index in [1.807, 2.05) is 0 Å². The smallest absolute Gasteiger partial charge is 0.150 e. The zero-order chi connectivity index (χ0) is 8.27. The van der Waals surface area contributed by atoms with Crippen LogP contribution in [0.15, 0.2) is 18.2 Å². The van der Waals surface area contributed by atoms with Crippen LogP contribution in [0, 0.1) is 5.82 Å². The van der Waals surface area contributed by atoms with Gasteiger partial charge in [-0.3, -0.25) is 4.79 Å². The van der Waals surface area contributed by atoms with Crippen LogP contribution in [0.3, 0.4) is 0 Å². The number of hydrogen-bond acceptors (Lipinski definition) is 1. The molecule has 0 heterocycles. The van der Waals surface area contributed by atoms with Gasteiger partial charge in [0, 0.05) is 11.1 Å². The fourth-order valence-electron chi connectivity index (χ4n) is 0.745. The van der Waals surface area contributed by atoms with Crippen LogP contribution in [0.5, 0.6) is 0 Å². The highest BCUT2D eigenvalue weighted by molar-refractivity contribution is 6.17. The molecule has 0 N–H and O–H groups in total. The standard InChI is InChI=1S/C8H6ClFO/c9-4-7-2-1-6(5-11)3-8(7)10/h1-3,5H,4H2. The SMILES string of the molecule is O=Cc1ccc(CCl)c(F)c1. The third-order valence-electron chi connectivity index (χ3n) is 1.36. The van der Waals surface area contributed by atoms with Gasteiger partial charge in [-0.25, -0.2) is 4.39 Å². The maximum atomic E-state index is 12.8. The van der Waals surface area contributed by atoms with Gasteiger partial charge in [-0.05, 0) is 6.07 Å². The molecular formula is C8H6ClFO. The number of aldehydes is 1. The Morgan fingerprint density at radius 2 is 2.27 bits per heavy atom. The van der Waals surface area contributed by atoms with Crippen LogP contribution in [0.4, 0.5) is 4.39 Å². The summed E-state index contributed by atoms with van der Waals surface area (Å²) in [6, 6.07) is 4.21. The van der Waals surface area contributed by atoms with Crippen molar-refractivity contribution < 1.29 is 9.18 Å². The molecule has 0 spiro atoms. The van der Waals surface area contributed by atoms with Crippen molar-refractivity contribution in [2.75, 3.05) is 0 Å². The molecule has 11 heavy (non-hydrogen) atoms. The lowest BCUT2D eigenvalue weighted by Crippen LogP contribution is -1.88. The van der Waals surface area contributed by atoms with Crippen LogP contribution in [0.1, 0.15) is 15.9 Å². The van der Waals surface area contributed by atoms with E-state index in [0.29, 0.717) is 17.4 Å². The fraction of sp³-hybridized carbons (Fsp3) is 0.125. The van der Waals surface area contributed by atoms with Crippen LogP contribution in [0.2, 0.25) is 0 Å². The Balaban J connectivity index is 3.09. The summed E-state index contributed by atoms with van der Waals surface area (Å²) in [5.41, 5.74) is 0.744. The number of carbonyl (C=O) groups excluding carboxylic acids is 1. The van der Waals surface area contributed by atoms with Crippen LogP contribution in [0.25, 0.3) is 0 Å². The molecule has 0 radical (unpaired) electrons. The number of halogens is 2. The third-order valence-corrected chi connectivity index (χ3v) is 1.65. The Morgan fingerprint density at radius 1 is 1.55 bits per heavy atom. The zero-order valence-electron chi connectivity index (χ0n) is 5.68. The van der Waals surface area contributed by atoms with Crippen LogP contribution < -0.4 is 0 Å². The zero-order valence-corrected chi connectivity index (χ0v) is 6.44. The van der Waals surface area contributed by atoms with Crippen LogP contribution in [-0.4, -0.2) is 6.29 Å². The van der Waals surface area contributed by atoms with Crippen molar-refractivity contribution in [1.29, 1.82) is 0 Å². The first-order valence-electron chi connectivity index (χ1n) is 3.07. The molecule has 1 rings (SSSR count). The minimum atomic E-state index is -0.426. The summed E-state index contributed by atoms with van der Waals surface area (Å²) >= 11 is 5.40. The minimum Gasteiger partial charge on any atom is -0.298 e. The van der Waals surface area contributed by atoms with Crippen molar-refractivity contribution in [2.24, 2.45) is 0 Å². The quantitative estimate of drug-likeness (QED) is 0.495. The largest absolute Gasteiger partial charge is 0.298 e. The minimum absolute atomic E-state index is 0.130. The Kier molecular flexibility index (Phi) is 2.60. The molecule has 0 saturated heterocycles. The maximum absolute atomic E-state index is 12.8. The van der Waals surface area contributed by atoms with Gasteiger partial charge in [-0.2, -0.15) is 0 Å². The molecule has 58 valence electrons. The molecule has 0 unspecified atom stereocenters. The van der Waals surface area contributed by atoms with Crippen molar-refractivity contribution in [1.82, 2.24) is 0 Å². The highest BCUT2D eigenvalue weighted by Gasteiger charge is 2.00. The molecule has 0 aliphatic carbocycles. The normalized spacial score (nSPS) is 9.64. The van der Waals surface area contributed by atoms with E-state index in [4.69, 9.17) is 11.6 Å². The molecule has 3 heteroatoms. The van der Waals surface area contributed by atoms with Crippen LogP contribution >= 0.6 is 11.6 Å². The summed E-state index contributed by atoms with van der Waals surface area (Å²) in [5.74, 6) is -0.296. The van der Waals surface area contributed by atoms with Gasteiger partial charge in [0.15, 0.2) is 0 Å². The Labute approximate surface area is 68.8 Å². The lowest BCUT2D eigenvalue weighted by atomic mass is 10.1. The number of benzene rings is 1. The van der Waals surface area contributed by atoms with Crippen molar-refractivity contribution in [3.8, 4) is 0 Å². The van der Waals surface area contributed by atoms with E-state index in [9.17, 15) is 9.18 Å². The second-order valence-electron chi connectivity index (χ2n) is 2.10. The highest BCUT2D eigenvalue weighted by atomic mass is 35.5. The van der Waals surface area contributed by atoms with Gasteiger partial charge in [0.05, 0.1) is 5.88 Å². The summed E-state index contributed by atoms with van der Waals surface area (Å²) in [7, 11) is 0. The number of alkyl halides is 1. The second-order valence-corrected chi connectivity index (χ2v) is 2.37. The molecular weight excluding hydrogens is 167 g/mol. The molecule has 1 aromatic carbocycles. The Bertz CT molecular complexity index is 273. The van der Waals surface area contributed by atoms with E-state index in [2.05, 4.69) is 0 Å².